The molecule has 14 nitrogen and oxygen atoms in total. The molecule has 4 saturated heterocycles. The summed E-state index contributed by atoms with van der Waals surface area (Å²) in [6.45, 7) is 15.3. The van der Waals surface area contributed by atoms with Crippen molar-refractivity contribution in [2.24, 2.45) is 35.3 Å². The van der Waals surface area contributed by atoms with Crippen molar-refractivity contribution in [1.82, 2.24) is 0 Å². The van der Waals surface area contributed by atoms with Crippen molar-refractivity contribution < 1.29 is 62.9 Å². The van der Waals surface area contributed by atoms with E-state index in [0.717, 1.165) is 0 Å². The number of ether oxygens (including phenoxy) is 7. The average Bonchev–Trinajstić information content (AvgIpc) is 3.52. The minimum Gasteiger partial charge on any atom is -0.481 e. The molecule has 5 heterocycles. The molecule has 0 aromatic rings. The van der Waals surface area contributed by atoms with E-state index in [2.05, 4.69) is 0 Å². The second-order valence-corrected chi connectivity index (χ2v) is 17.6. The van der Waals surface area contributed by atoms with Crippen LogP contribution in [-0.4, -0.2) is 112 Å². The lowest BCUT2D eigenvalue weighted by molar-refractivity contribution is -0.408. The van der Waals surface area contributed by atoms with Crippen LogP contribution in [0.1, 0.15) is 126 Å². The van der Waals surface area contributed by atoms with E-state index in [4.69, 9.17) is 38.9 Å². The molecule has 5 aliphatic rings. The monoisotopic (exact) mass is 795 g/mol. The lowest BCUT2D eigenvalue weighted by Crippen LogP contribution is -2.63. The van der Waals surface area contributed by atoms with Gasteiger partial charge in [0.25, 0.3) is 0 Å². The Bertz CT molecular complexity index is 1430. The standard InChI is InChI=1S/C42H69NO13/c1-10-27(37(46)47)29-14-13-15-30(52-29)33(43)35(45)25(6)34(44)28(11-2)36-23(4)22-24(5)41(54-36)19-17-32(53-38(48)50-9)42(56-41)21-20-39(8,55-42)31-16-18-40(49,12-3)26(7)51-31/h17,19,23-33,35-36,45,49H,10-16,18,20-22,43H2,1-9H3,(H,46,47). The molecule has 0 aromatic carbocycles. The minimum absolute atomic E-state index is 0.0619. The number of Topliss-reactive ketones (excluding diaryl/α,β-unsaturated/α-hetero) is 1. The molecule has 320 valence electrons. The van der Waals surface area contributed by atoms with Crippen LogP contribution < -0.4 is 5.73 Å². The zero-order chi connectivity index (χ0) is 41.4. The first-order valence-corrected chi connectivity index (χ1v) is 21.1. The van der Waals surface area contributed by atoms with Crippen LogP contribution in [0.25, 0.3) is 0 Å². The van der Waals surface area contributed by atoms with Crippen LogP contribution in [0.4, 0.5) is 4.79 Å². The van der Waals surface area contributed by atoms with Crippen molar-refractivity contribution in [2.75, 3.05) is 7.11 Å². The lowest BCUT2D eigenvalue weighted by Gasteiger charge is -2.54. The number of carboxylic acids is 1. The smallest absolute Gasteiger partial charge is 0.481 e. The molecule has 14 heteroatoms. The quantitative estimate of drug-likeness (QED) is 0.136. The molecule has 0 bridgehead atoms. The molecular formula is C42H69NO13. The molecule has 5 rings (SSSR count). The SMILES string of the molecule is CCC(C(=O)O)C1CCCC(C(N)C(O)C(C)C(=O)C(CC)C2OC3(C=CC(OC(=O)OC)C4(CCC(C)(C5CCC(O)(CC)C(C)O5)O4)O3)C(C)CC2C)O1. The van der Waals surface area contributed by atoms with Gasteiger partial charge in [-0.05, 0) is 96.1 Å². The molecule has 0 radical (unpaired) electrons. The Morgan fingerprint density at radius 1 is 0.964 bits per heavy atom. The van der Waals surface area contributed by atoms with Crippen LogP contribution in [0.3, 0.4) is 0 Å². The predicted octanol–water partition coefficient (Wildman–Crippen LogP) is 5.42. The van der Waals surface area contributed by atoms with Gasteiger partial charge in [0.15, 0.2) is 11.9 Å². The second kappa shape index (κ2) is 17.6. The van der Waals surface area contributed by atoms with Crippen molar-refractivity contribution in [2.45, 2.75) is 198 Å². The largest absolute Gasteiger partial charge is 0.508 e. The fraction of sp³-hybridized carbons (Fsp3) is 0.881. The number of hydrogen-bond donors (Lipinski definition) is 4. The highest BCUT2D eigenvalue weighted by Crippen LogP contribution is 2.54. The number of rotatable bonds is 13. The van der Waals surface area contributed by atoms with Crippen molar-refractivity contribution in [3.8, 4) is 0 Å². The van der Waals surface area contributed by atoms with Gasteiger partial charge in [0.05, 0.1) is 66.9 Å². The number of aliphatic carboxylic acids is 1. The van der Waals surface area contributed by atoms with Crippen molar-refractivity contribution in [3.63, 3.8) is 0 Å². The number of hydrogen-bond acceptors (Lipinski definition) is 13. The molecule has 17 unspecified atom stereocenters. The Labute approximate surface area is 332 Å². The van der Waals surface area contributed by atoms with Crippen LogP contribution in [0, 0.1) is 29.6 Å². The van der Waals surface area contributed by atoms with Gasteiger partial charge in [0.1, 0.15) is 5.78 Å². The summed E-state index contributed by atoms with van der Waals surface area (Å²) in [5, 5.41) is 32.4. The van der Waals surface area contributed by atoms with Crippen LogP contribution in [0.2, 0.25) is 0 Å². The van der Waals surface area contributed by atoms with Gasteiger partial charge in [-0.3, -0.25) is 9.59 Å². The van der Waals surface area contributed by atoms with E-state index in [1.165, 1.54) is 7.11 Å². The fourth-order valence-electron chi connectivity index (χ4n) is 10.2. The molecule has 0 aromatic heterocycles. The van der Waals surface area contributed by atoms with Crippen LogP contribution in [-0.2, 0) is 42.7 Å². The van der Waals surface area contributed by atoms with E-state index in [9.17, 15) is 29.7 Å². The van der Waals surface area contributed by atoms with E-state index in [0.29, 0.717) is 70.6 Å². The van der Waals surface area contributed by atoms with Gasteiger partial charge in [-0.2, -0.15) is 0 Å². The van der Waals surface area contributed by atoms with E-state index in [1.807, 2.05) is 48.5 Å². The van der Waals surface area contributed by atoms with Gasteiger partial charge in [0.2, 0.25) is 5.79 Å². The Balaban J connectivity index is 1.36. The molecule has 2 spiro atoms. The predicted molar refractivity (Wildman–Crippen MR) is 204 cm³/mol. The molecular weight excluding hydrogens is 726 g/mol. The fourth-order valence-corrected chi connectivity index (χ4v) is 10.2. The highest BCUT2D eigenvalue weighted by molar-refractivity contribution is 5.84. The molecule has 4 fully saturated rings. The number of nitrogens with two attached hydrogens (primary N) is 1. The second-order valence-electron chi connectivity index (χ2n) is 17.6. The van der Waals surface area contributed by atoms with Gasteiger partial charge >= 0.3 is 12.1 Å². The Morgan fingerprint density at radius 3 is 2.25 bits per heavy atom. The molecule has 17 atom stereocenters. The van der Waals surface area contributed by atoms with Crippen LogP contribution >= 0.6 is 0 Å². The van der Waals surface area contributed by atoms with E-state index in [-0.39, 0.29) is 23.7 Å². The summed E-state index contributed by atoms with van der Waals surface area (Å²) in [6, 6.07) is -0.895. The molecule has 5 N–H and O–H groups in total. The van der Waals surface area contributed by atoms with E-state index in [1.54, 1.807) is 19.1 Å². The molecule has 56 heavy (non-hydrogen) atoms. The third kappa shape index (κ3) is 8.59. The zero-order valence-corrected chi connectivity index (χ0v) is 34.9. The molecule has 0 amide bonds. The number of aliphatic hydroxyl groups excluding tert-OH is 1. The van der Waals surface area contributed by atoms with Crippen molar-refractivity contribution >= 4 is 17.9 Å². The summed E-state index contributed by atoms with van der Waals surface area (Å²) >= 11 is 0. The Morgan fingerprint density at radius 2 is 1.64 bits per heavy atom. The first-order chi connectivity index (χ1) is 26.3. The summed E-state index contributed by atoms with van der Waals surface area (Å²) in [6.07, 6.45) is 3.83. The Kier molecular flexibility index (Phi) is 14.1. The maximum atomic E-state index is 14.4. The number of carboxylic acid groups (broad SMARTS) is 1. The minimum atomic E-state index is -1.47. The van der Waals surface area contributed by atoms with E-state index >= 15 is 0 Å². The average molecular weight is 796 g/mol. The molecule has 0 aliphatic carbocycles. The highest BCUT2D eigenvalue weighted by atomic mass is 16.8. The summed E-state index contributed by atoms with van der Waals surface area (Å²) in [7, 11) is 1.24. The summed E-state index contributed by atoms with van der Waals surface area (Å²) in [5.74, 6) is -6.34. The van der Waals surface area contributed by atoms with Crippen LogP contribution in [0.15, 0.2) is 12.2 Å². The van der Waals surface area contributed by atoms with Crippen LogP contribution in [0.5, 0.6) is 0 Å². The molecule has 0 saturated carbocycles. The number of methoxy groups -OCH3 is 1. The van der Waals surface area contributed by atoms with Crippen molar-refractivity contribution in [1.29, 1.82) is 0 Å². The third-order valence-electron chi connectivity index (χ3n) is 14.1. The first kappa shape index (κ1) is 44.9. The van der Waals surface area contributed by atoms with E-state index < -0.39 is 95.3 Å². The number of aliphatic hydroxyl groups is 2. The molecule has 5 aliphatic heterocycles. The highest BCUT2D eigenvalue weighted by Gasteiger charge is 2.64. The van der Waals surface area contributed by atoms with Gasteiger partial charge in [0, 0.05) is 24.2 Å². The summed E-state index contributed by atoms with van der Waals surface area (Å²) in [5.41, 5.74) is 4.82. The lowest BCUT2D eigenvalue weighted by atomic mass is 9.73. The number of carbonyl (C=O) groups is 3. The summed E-state index contributed by atoms with van der Waals surface area (Å²) < 4.78 is 44.2. The normalized spacial score (nSPS) is 42.8. The third-order valence-corrected chi connectivity index (χ3v) is 14.1. The van der Waals surface area contributed by atoms with Gasteiger partial charge in [-0.25, -0.2) is 4.79 Å². The van der Waals surface area contributed by atoms with Gasteiger partial charge < -0.3 is 54.2 Å². The van der Waals surface area contributed by atoms with Crippen molar-refractivity contribution in [3.05, 3.63) is 12.2 Å². The zero-order valence-electron chi connectivity index (χ0n) is 34.9. The first-order valence-electron chi connectivity index (χ1n) is 21.1. The maximum absolute atomic E-state index is 14.4. The maximum Gasteiger partial charge on any atom is 0.508 e. The number of ketones is 1. The van der Waals surface area contributed by atoms with Gasteiger partial charge in [-0.1, -0.05) is 41.5 Å². The number of carbonyl (C=O) groups excluding carboxylic acids is 2. The Hall–Kier alpha value is -2.17. The summed E-state index contributed by atoms with van der Waals surface area (Å²) in [4.78, 5) is 38.8. The van der Waals surface area contributed by atoms with Gasteiger partial charge in [-0.15, -0.1) is 0 Å². The topological polar surface area (TPSA) is 203 Å².